The zero-order valence-corrected chi connectivity index (χ0v) is 25.1. The van der Waals surface area contributed by atoms with Crippen LogP contribution in [0.3, 0.4) is 0 Å². The SMILES string of the molecule is CCC(=O)CCC(=O)N[C@@H](C(=O)C[C@H](CCCNC(N)=O)C(=O)Nc1ccc(COC(=O)C(C)(C)C)cc1)C(C)C. The highest BCUT2D eigenvalue weighted by Crippen LogP contribution is 2.20. The monoisotopic (exact) mass is 574 g/mol. The van der Waals surface area contributed by atoms with Gasteiger partial charge < -0.3 is 26.4 Å². The van der Waals surface area contributed by atoms with Crippen molar-refractivity contribution in [2.24, 2.45) is 23.0 Å². The predicted molar refractivity (Wildman–Crippen MR) is 156 cm³/mol. The summed E-state index contributed by atoms with van der Waals surface area (Å²) in [6.45, 7) is 11.0. The zero-order valence-electron chi connectivity index (χ0n) is 25.1. The van der Waals surface area contributed by atoms with Crippen LogP contribution in [0, 0.1) is 17.3 Å². The lowest BCUT2D eigenvalue weighted by Gasteiger charge is -2.24. The number of nitrogens with one attached hydrogen (secondary N) is 3. The minimum Gasteiger partial charge on any atom is -0.460 e. The van der Waals surface area contributed by atoms with Crippen molar-refractivity contribution in [3.05, 3.63) is 29.8 Å². The van der Waals surface area contributed by atoms with E-state index in [1.807, 2.05) is 0 Å². The van der Waals surface area contributed by atoms with Crippen molar-refractivity contribution >= 4 is 41.1 Å². The third kappa shape index (κ3) is 13.9. The molecule has 5 N–H and O–H groups in total. The van der Waals surface area contributed by atoms with E-state index >= 15 is 0 Å². The van der Waals surface area contributed by atoms with Gasteiger partial charge >= 0.3 is 12.0 Å². The van der Waals surface area contributed by atoms with Gasteiger partial charge in [-0.05, 0) is 57.2 Å². The third-order valence-corrected chi connectivity index (χ3v) is 6.41. The van der Waals surface area contributed by atoms with Crippen LogP contribution in [0.15, 0.2) is 24.3 Å². The van der Waals surface area contributed by atoms with Crippen LogP contribution in [0.25, 0.3) is 0 Å². The van der Waals surface area contributed by atoms with Gasteiger partial charge in [0.1, 0.15) is 12.4 Å². The van der Waals surface area contributed by atoms with Gasteiger partial charge in [-0.3, -0.25) is 24.0 Å². The summed E-state index contributed by atoms with van der Waals surface area (Å²) in [4.78, 5) is 73.5. The summed E-state index contributed by atoms with van der Waals surface area (Å²) in [5.41, 5.74) is 5.76. The molecule has 0 aliphatic carbocycles. The Bertz CT molecular complexity index is 1060. The molecular weight excluding hydrogens is 528 g/mol. The van der Waals surface area contributed by atoms with Crippen LogP contribution in [-0.2, 0) is 35.3 Å². The molecule has 0 spiro atoms. The van der Waals surface area contributed by atoms with Crippen molar-refractivity contribution in [2.45, 2.75) is 92.7 Å². The van der Waals surface area contributed by atoms with Crippen molar-refractivity contribution in [3.63, 3.8) is 0 Å². The molecule has 0 radical (unpaired) electrons. The predicted octanol–water partition coefficient (Wildman–Crippen LogP) is 3.64. The van der Waals surface area contributed by atoms with Gasteiger partial charge in [0.2, 0.25) is 11.8 Å². The van der Waals surface area contributed by atoms with Gasteiger partial charge in [-0.1, -0.05) is 32.9 Å². The van der Waals surface area contributed by atoms with Crippen molar-refractivity contribution in [1.82, 2.24) is 10.6 Å². The summed E-state index contributed by atoms with van der Waals surface area (Å²) in [5, 5.41) is 8.03. The molecule has 0 fully saturated rings. The number of nitrogens with two attached hydrogens (primary N) is 1. The molecule has 0 saturated heterocycles. The second-order valence-corrected chi connectivity index (χ2v) is 11.5. The van der Waals surface area contributed by atoms with Gasteiger partial charge in [0, 0.05) is 43.8 Å². The lowest BCUT2D eigenvalue weighted by atomic mass is 9.89. The van der Waals surface area contributed by atoms with Crippen molar-refractivity contribution in [2.75, 3.05) is 11.9 Å². The van der Waals surface area contributed by atoms with Gasteiger partial charge in [0.05, 0.1) is 11.5 Å². The molecule has 1 aromatic carbocycles. The molecule has 41 heavy (non-hydrogen) atoms. The van der Waals surface area contributed by atoms with Crippen molar-refractivity contribution < 1.29 is 33.5 Å². The molecule has 0 aliphatic rings. The largest absolute Gasteiger partial charge is 0.460 e. The second kappa shape index (κ2) is 17.1. The molecule has 1 rings (SSSR count). The Balaban J connectivity index is 2.91. The number of esters is 1. The highest BCUT2D eigenvalue weighted by molar-refractivity contribution is 5.97. The van der Waals surface area contributed by atoms with E-state index < -0.39 is 29.3 Å². The molecule has 0 saturated carbocycles. The number of carbonyl (C=O) groups is 6. The van der Waals surface area contributed by atoms with Crippen LogP contribution >= 0.6 is 0 Å². The van der Waals surface area contributed by atoms with Crippen LogP contribution in [-0.4, -0.2) is 48.0 Å². The van der Waals surface area contributed by atoms with Gasteiger partial charge in [-0.25, -0.2) is 4.79 Å². The maximum Gasteiger partial charge on any atom is 0.312 e. The van der Waals surface area contributed by atoms with Crippen LogP contribution in [0.1, 0.15) is 85.6 Å². The number of primary amides is 1. The van der Waals surface area contributed by atoms with Crippen molar-refractivity contribution in [1.29, 1.82) is 0 Å². The summed E-state index contributed by atoms with van der Waals surface area (Å²) in [6, 6.07) is 5.33. The maximum absolute atomic E-state index is 13.3. The lowest BCUT2D eigenvalue weighted by Crippen LogP contribution is -2.45. The Labute approximate surface area is 242 Å². The molecule has 0 heterocycles. The molecule has 0 aromatic heterocycles. The van der Waals surface area contributed by atoms with E-state index in [0.29, 0.717) is 24.9 Å². The standard InChI is InChI=1S/C30H46N4O7/c1-7-23(35)14-15-25(37)34-26(19(2)3)24(36)17-21(9-8-16-32-29(31)40)27(38)33-22-12-10-20(11-13-22)18-41-28(39)30(4,5)6/h10-13,19,21,26H,7-9,14-18H2,1-6H3,(H,33,38)(H,34,37)(H3,31,32,40)/t21-,26+/m0/s1. The van der Waals surface area contributed by atoms with E-state index in [1.54, 1.807) is 65.8 Å². The minimum absolute atomic E-state index is 0.00270. The molecular formula is C30H46N4O7. The Hall–Kier alpha value is -3.76. The molecule has 11 nitrogen and oxygen atoms in total. The fraction of sp³-hybridized carbons (Fsp3) is 0.600. The van der Waals surface area contributed by atoms with Gasteiger partial charge in [-0.15, -0.1) is 0 Å². The average molecular weight is 575 g/mol. The molecule has 2 atom stereocenters. The van der Waals surface area contributed by atoms with E-state index in [1.165, 1.54) is 0 Å². The van der Waals surface area contributed by atoms with Crippen molar-refractivity contribution in [3.8, 4) is 0 Å². The number of benzene rings is 1. The van der Waals surface area contributed by atoms with E-state index in [4.69, 9.17) is 10.5 Å². The minimum atomic E-state index is -0.812. The van der Waals surface area contributed by atoms with Crippen LogP contribution in [0.2, 0.25) is 0 Å². The van der Waals surface area contributed by atoms with Gasteiger partial charge in [0.25, 0.3) is 0 Å². The van der Waals surface area contributed by atoms with Crippen LogP contribution in [0.5, 0.6) is 0 Å². The summed E-state index contributed by atoms with van der Waals surface area (Å²) in [7, 11) is 0. The molecule has 11 heteroatoms. The fourth-order valence-electron chi connectivity index (χ4n) is 3.84. The molecule has 0 bridgehead atoms. The number of carbonyl (C=O) groups excluding carboxylic acids is 6. The Morgan fingerprint density at radius 3 is 2.15 bits per heavy atom. The number of anilines is 1. The van der Waals surface area contributed by atoms with Gasteiger partial charge in [-0.2, -0.15) is 0 Å². The number of rotatable bonds is 17. The first-order chi connectivity index (χ1) is 19.1. The molecule has 0 unspecified atom stereocenters. The Morgan fingerprint density at radius 2 is 1.61 bits per heavy atom. The highest BCUT2D eigenvalue weighted by atomic mass is 16.5. The number of amides is 4. The van der Waals surface area contributed by atoms with Gasteiger partial charge in [0.15, 0.2) is 5.78 Å². The molecule has 228 valence electrons. The number of Topliss-reactive ketones (excluding diaryl/α,β-unsaturated/α-hetero) is 2. The number of ether oxygens (including phenoxy) is 1. The number of urea groups is 1. The summed E-state index contributed by atoms with van der Waals surface area (Å²) < 4.78 is 5.32. The zero-order chi connectivity index (χ0) is 31.2. The fourth-order valence-corrected chi connectivity index (χ4v) is 3.84. The molecule has 1 aromatic rings. The van der Waals surface area contributed by atoms with E-state index in [9.17, 15) is 28.8 Å². The van der Waals surface area contributed by atoms with E-state index in [2.05, 4.69) is 16.0 Å². The van der Waals surface area contributed by atoms with E-state index in [-0.39, 0.29) is 61.8 Å². The topological polar surface area (TPSA) is 174 Å². The lowest BCUT2D eigenvalue weighted by molar-refractivity contribution is -0.154. The van der Waals surface area contributed by atoms with E-state index in [0.717, 1.165) is 5.56 Å². The maximum atomic E-state index is 13.3. The number of hydrogen-bond donors (Lipinski definition) is 4. The first-order valence-electron chi connectivity index (χ1n) is 14.1. The number of ketones is 2. The summed E-state index contributed by atoms with van der Waals surface area (Å²) >= 11 is 0. The quantitative estimate of drug-likeness (QED) is 0.162. The van der Waals surface area contributed by atoms with Crippen LogP contribution in [0.4, 0.5) is 10.5 Å². The highest BCUT2D eigenvalue weighted by Gasteiger charge is 2.29. The Morgan fingerprint density at radius 1 is 0.976 bits per heavy atom. The normalized spacial score (nSPS) is 12.7. The summed E-state index contributed by atoms with van der Waals surface area (Å²) in [6.07, 6.45) is 1.02. The summed E-state index contributed by atoms with van der Waals surface area (Å²) in [5.74, 6) is -2.39. The Kier molecular flexibility index (Phi) is 14.7. The number of hydrogen-bond acceptors (Lipinski definition) is 7. The molecule has 4 amide bonds. The van der Waals surface area contributed by atoms with Crippen LogP contribution < -0.4 is 21.7 Å². The smallest absolute Gasteiger partial charge is 0.312 e. The first-order valence-corrected chi connectivity index (χ1v) is 14.1. The first kappa shape index (κ1) is 35.3. The second-order valence-electron chi connectivity index (χ2n) is 11.5. The average Bonchev–Trinajstić information content (AvgIpc) is 2.90. The third-order valence-electron chi connectivity index (χ3n) is 6.41. The molecule has 0 aliphatic heterocycles.